The van der Waals surface area contributed by atoms with Crippen LogP contribution in [0.25, 0.3) is 0 Å². The lowest BCUT2D eigenvalue weighted by atomic mass is 9.79. The highest BCUT2D eigenvalue weighted by Crippen LogP contribution is 2.30. The van der Waals surface area contributed by atoms with Crippen LogP contribution >= 0.6 is 0 Å². The smallest absolute Gasteiger partial charge is 0.307 e. The van der Waals surface area contributed by atoms with Crippen molar-refractivity contribution in [3.8, 4) is 0 Å². The van der Waals surface area contributed by atoms with Crippen molar-refractivity contribution in [2.24, 2.45) is 11.8 Å². The molecule has 26 heavy (non-hydrogen) atoms. The van der Waals surface area contributed by atoms with Gasteiger partial charge >= 0.3 is 11.9 Å². The maximum atomic E-state index is 11.8. The molecule has 5 heteroatoms. The second kappa shape index (κ2) is 9.51. The molecular weight excluding hydrogens is 332 g/mol. The molecule has 1 saturated carbocycles. The van der Waals surface area contributed by atoms with Crippen LogP contribution in [0.5, 0.6) is 0 Å². The molecule has 0 radical (unpaired) electrons. The first-order chi connectivity index (χ1) is 12.5. The van der Waals surface area contributed by atoms with E-state index in [-0.39, 0.29) is 5.78 Å². The molecule has 5 nitrogen and oxygen atoms in total. The summed E-state index contributed by atoms with van der Waals surface area (Å²) >= 11 is 0. The van der Waals surface area contributed by atoms with Gasteiger partial charge in [-0.2, -0.15) is 0 Å². The third-order valence-electron chi connectivity index (χ3n) is 4.47. The van der Waals surface area contributed by atoms with Gasteiger partial charge < -0.3 is 10.2 Å². The van der Waals surface area contributed by atoms with Crippen molar-refractivity contribution < 1.29 is 24.6 Å². The van der Waals surface area contributed by atoms with Gasteiger partial charge in [-0.1, -0.05) is 73.5 Å². The molecule has 2 aromatic rings. The SMILES string of the molecule is O=C(O)C1CCCCC1C(=O)O.O=C(c1ccccc1)c1ccccc1. The minimum Gasteiger partial charge on any atom is -0.481 e. The fraction of sp³-hybridized carbons (Fsp3) is 0.286. The zero-order valence-corrected chi connectivity index (χ0v) is 14.4. The van der Waals surface area contributed by atoms with Crippen molar-refractivity contribution >= 4 is 17.7 Å². The average Bonchev–Trinajstić information content (AvgIpc) is 2.69. The first-order valence-electron chi connectivity index (χ1n) is 8.61. The molecule has 0 heterocycles. The van der Waals surface area contributed by atoms with E-state index in [4.69, 9.17) is 10.2 Å². The normalized spacial score (nSPS) is 18.9. The van der Waals surface area contributed by atoms with Crippen LogP contribution in [0.3, 0.4) is 0 Å². The summed E-state index contributed by atoms with van der Waals surface area (Å²) in [5.41, 5.74) is 1.47. The van der Waals surface area contributed by atoms with Gasteiger partial charge in [0.05, 0.1) is 11.8 Å². The molecule has 0 aromatic heterocycles. The van der Waals surface area contributed by atoms with Gasteiger partial charge in [0.1, 0.15) is 0 Å². The molecule has 2 N–H and O–H groups in total. The number of hydrogen-bond acceptors (Lipinski definition) is 3. The van der Waals surface area contributed by atoms with Crippen LogP contribution < -0.4 is 0 Å². The molecule has 0 bridgehead atoms. The Morgan fingerprint density at radius 2 is 1.00 bits per heavy atom. The second-order valence-corrected chi connectivity index (χ2v) is 6.24. The highest BCUT2D eigenvalue weighted by Gasteiger charge is 2.35. The lowest BCUT2D eigenvalue weighted by Crippen LogP contribution is -2.32. The molecule has 0 saturated heterocycles. The van der Waals surface area contributed by atoms with Crippen LogP contribution in [0.1, 0.15) is 41.6 Å². The minimum atomic E-state index is -0.970. The van der Waals surface area contributed by atoms with E-state index in [0.717, 1.165) is 24.0 Å². The van der Waals surface area contributed by atoms with Gasteiger partial charge in [-0.05, 0) is 12.8 Å². The van der Waals surface area contributed by atoms with Crippen LogP contribution in [0.2, 0.25) is 0 Å². The summed E-state index contributed by atoms with van der Waals surface area (Å²) in [5.74, 6) is -3.21. The van der Waals surface area contributed by atoms with Gasteiger partial charge in [0, 0.05) is 11.1 Å². The maximum absolute atomic E-state index is 11.8. The monoisotopic (exact) mass is 354 g/mol. The molecule has 1 aliphatic rings. The van der Waals surface area contributed by atoms with E-state index in [1.54, 1.807) is 0 Å². The zero-order valence-electron chi connectivity index (χ0n) is 14.4. The number of rotatable bonds is 4. The Morgan fingerprint density at radius 1 is 0.654 bits per heavy atom. The molecule has 136 valence electrons. The Balaban J connectivity index is 0.000000190. The van der Waals surface area contributed by atoms with Crippen molar-refractivity contribution in [3.05, 3.63) is 71.8 Å². The molecular formula is C21H22O5. The fourth-order valence-electron chi connectivity index (χ4n) is 3.07. The summed E-state index contributed by atoms with van der Waals surface area (Å²) in [5, 5.41) is 17.4. The second-order valence-electron chi connectivity index (χ2n) is 6.24. The predicted octanol–water partition coefficient (Wildman–Crippen LogP) is 3.88. The summed E-state index contributed by atoms with van der Waals surface area (Å²) in [7, 11) is 0. The van der Waals surface area contributed by atoms with Gasteiger partial charge in [0.25, 0.3) is 0 Å². The van der Waals surface area contributed by atoms with E-state index in [1.807, 2.05) is 60.7 Å². The maximum Gasteiger partial charge on any atom is 0.307 e. The van der Waals surface area contributed by atoms with Gasteiger partial charge in [0.15, 0.2) is 5.78 Å². The predicted molar refractivity (Wildman–Crippen MR) is 97.0 cm³/mol. The molecule has 2 unspecified atom stereocenters. The Bertz CT molecular complexity index is 676. The molecule has 3 rings (SSSR count). The minimum absolute atomic E-state index is 0.0752. The lowest BCUT2D eigenvalue weighted by molar-refractivity contribution is -0.155. The van der Waals surface area contributed by atoms with Crippen molar-refractivity contribution in [1.82, 2.24) is 0 Å². The van der Waals surface area contributed by atoms with Crippen LogP contribution in [-0.2, 0) is 9.59 Å². The zero-order chi connectivity index (χ0) is 18.9. The molecule has 2 aromatic carbocycles. The van der Waals surface area contributed by atoms with Crippen LogP contribution in [0.15, 0.2) is 60.7 Å². The van der Waals surface area contributed by atoms with Crippen LogP contribution in [0, 0.1) is 11.8 Å². The van der Waals surface area contributed by atoms with E-state index in [9.17, 15) is 14.4 Å². The highest BCUT2D eigenvalue weighted by molar-refractivity contribution is 6.08. The van der Waals surface area contributed by atoms with E-state index < -0.39 is 23.8 Å². The summed E-state index contributed by atoms with van der Waals surface area (Å²) in [6.45, 7) is 0. The van der Waals surface area contributed by atoms with Crippen molar-refractivity contribution in [2.75, 3.05) is 0 Å². The van der Waals surface area contributed by atoms with E-state index in [1.165, 1.54) is 0 Å². The number of carbonyl (C=O) groups excluding carboxylic acids is 1. The largest absolute Gasteiger partial charge is 0.481 e. The van der Waals surface area contributed by atoms with Crippen LogP contribution in [-0.4, -0.2) is 27.9 Å². The first-order valence-corrected chi connectivity index (χ1v) is 8.61. The summed E-state index contributed by atoms with van der Waals surface area (Å²) < 4.78 is 0. The fourth-order valence-corrected chi connectivity index (χ4v) is 3.07. The van der Waals surface area contributed by atoms with Gasteiger partial charge in [-0.25, -0.2) is 0 Å². The van der Waals surface area contributed by atoms with Crippen LogP contribution in [0.4, 0.5) is 0 Å². The number of hydrogen-bond donors (Lipinski definition) is 2. The van der Waals surface area contributed by atoms with E-state index >= 15 is 0 Å². The highest BCUT2D eigenvalue weighted by atomic mass is 16.4. The van der Waals surface area contributed by atoms with Crippen molar-refractivity contribution in [2.45, 2.75) is 25.7 Å². The molecule has 2 atom stereocenters. The Kier molecular flexibility index (Phi) is 7.09. The number of ketones is 1. The number of aliphatic carboxylic acids is 2. The molecule has 0 spiro atoms. The third kappa shape index (κ3) is 5.28. The Labute approximate surface area is 152 Å². The Morgan fingerprint density at radius 3 is 1.31 bits per heavy atom. The van der Waals surface area contributed by atoms with Crippen molar-refractivity contribution in [1.29, 1.82) is 0 Å². The number of carbonyl (C=O) groups is 3. The number of carboxylic acids is 2. The lowest BCUT2D eigenvalue weighted by Gasteiger charge is -2.24. The number of carboxylic acid groups (broad SMARTS) is 2. The third-order valence-corrected chi connectivity index (χ3v) is 4.47. The Hall–Kier alpha value is -2.95. The average molecular weight is 354 g/mol. The van der Waals surface area contributed by atoms with E-state index in [2.05, 4.69) is 0 Å². The standard InChI is InChI=1S/C13H10O.C8H12O4/c14-13(11-7-3-1-4-8-11)12-9-5-2-6-10-12;9-7(10)5-3-1-2-4-6(5)8(11)12/h1-10H;5-6H,1-4H2,(H,9,10)(H,11,12). The van der Waals surface area contributed by atoms with E-state index in [0.29, 0.717) is 12.8 Å². The van der Waals surface area contributed by atoms with Gasteiger partial charge in [0.2, 0.25) is 0 Å². The summed E-state index contributed by atoms with van der Waals surface area (Å²) in [6, 6.07) is 18.6. The van der Waals surface area contributed by atoms with Crippen molar-refractivity contribution in [3.63, 3.8) is 0 Å². The first kappa shape index (κ1) is 19.4. The topological polar surface area (TPSA) is 91.7 Å². The van der Waals surface area contributed by atoms with Gasteiger partial charge in [-0.3, -0.25) is 14.4 Å². The molecule has 1 aliphatic carbocycles. The quantitative estimate of drug-likeness (QED) is 0.813. The molecule has 0 aliphatic heterocycles. The summed E-state index contributed by atoms with van der Waals surface area (Å²) in [4.78, 5) is 33.1. The summed E-state index contributed by atoms with van der Waals surface area (Å²) in [6.07, 6.45) is 2.68. The van der Waals surface area contributed by atoms with Gasteiger partial charge in [-0.15, -0.1) is 0 Å². The molecule has 0 amide bonds. The molecule has 1 fully saturated rings. The number of benzene rings is 2.